The number of benzene rings is 1. The lowest BCUT2D eigenvalue weighted by atomic mass is 10.2. The second-order valence-corrected chi connectivity index (χ2v) is 7.17. The number of hydrogen-bond donors (Lipinski definition) is 2. The normalized spacial score (nSPS) is 17.8. The first-order valence-electron chi connectivity index (χ1n) is 9.24. The zero-order valence-electron chi connectivity index (χ0n) is 15.1. The average molecular weight is 351 g/mol. The number of anilines is 3. The minimum absolute atomic E-state index is 0.135. The Balaban J connectivity index is 1.38. The number of carbonyl (C=O) groups is 1. The second kappa shape index (κ2) is 7.33. The molecule has 1 aliphatic carbocycles. The number of nitrogens with one attached hydrogen (secondary N) is 2. The first kappa shape index (κ1) is 16.8. The molecule has 1 aromatic carbocycles. The van der Waals surface area contributed by atoms with Gasteiger partial charge in [0.25, 0.3) is 5.91 Å². The quantitative estimate of drug-likeness (QED) is 0.867. The molecule has 0 radical (unpaired) electrons. The number of amides is 1. The van der Waals surface area contributed by atoms with Crippen LogP contribution in [0.1, 0.15) is 23.2 Å². The lowest BCUT2D eigenvalue weighted by Gasteiger charge is -2.34. The van der Waals surface area contributed by atoms with Crippen molar-refractivity contribution in [2.45, 2.75) is 18.9 Å². The van der Waals surface area contributed by atoms with Gasteiger partial charge in [-0.15, -0.1) is 0 Å². The van der Waals surface area contributed by atoms with E-state index in [4.69, 9.17) is 0 Å². The van der Waals surface area contributed by atoms with E-state index in [1.165, 1.54) is 18.5 Å². The number of piperazine rings is 1. The number of carbonyl (C=O) groups excluding carboxylic acids is 1. The highest BCUT2D eigenvalue weighted by Gasteiger charge is 2.21. The van der Waals surface area contributed by atoms with Crippen molar-refractivity contribution in [3.8, 4) is 0 Å². The smallest absolute Gasteiger partial charge is 0.257 e. The van der Waals surface area contributed by atoms with Crippen LogP contribution in [0.15, 0.2) is 42.7 Å². The molecule has 6 heteroatoms. The summed E-state index contributed by atoms with van der Waals surface area (Å²) in [4.78, 5) is 21.4. The molecule has 1 saturated carbocycles. The molecule has 2 heterocycles. The summed E-state index contributed by atoms with van der Waals surface area (Å²) in [5.74, 6) is -0.135. The fourth-order valence-electron chi connectivity index (χ4n) is 3.13. The second-order valence-electron chi connectivity index (χ2n) is 7.17. The van der Waals surface area contributed by atoms with Crippen LogP contribution in [0.25, 0.3) is 0 Å². The number of pyridine rings is 1. The molecule has 0 unspecified atom stereocenters. The van der Waals surface area contributed by atoms with Crippen molar-refractivity contribution in [1.29, 1.82) is 0 Å². The average Bonchev–Trinajstić information content (AvgIpc) is 3.47. The summed E-state index contributed by atoms with van der Waals surface area (Å²) in [7, 11) is 2.15. The molecule has 1 saturated heterocycles. The maximum Gasteiger partial charge on any atom is 0.257 e. The molecule has 1 aromatic heterocycles. The zero-order valence-corrected chi connectivity index (χ0v) is 15.1. The molecule has 4 rings (SSSR count). The molecular formula is C20H25N5O. The van der Waals surface area contributed by atoms with Gasteiger partial charge >= 0.3 is 0 Å². The predicted molar refractivity (Wildman–Crippen MR) is 105 cm³/mol. The summed E-state index contributed by atoms with van der Waals surface area (Å²) >= 11 is 0. The third kappa shape index (κ3) is 4.14. The Bertz CT molecular complexity index is 764. The van der Waals surface area contributed by atoms with E-state index in [0.29, 0.717) is 11.6 Å². The first-order valence-corrected chi connectivity index (χ1v) is 9.24. The van der Waals surface area contributed by atoms with Crippen LogP contribution in [0.3, 0.4) is 0 Å². The molecule has 2 aliphatic rings. The van der Waals surface area contributed by atoms with Crippen LogP contribution in [0.5, 0.6) is 0 Å². The van der Waals surface area contributed by atoms with Crippen LogP contribution in [-0.4, -0.2) is 55.1 Å². The fourth-order valence-corrected chi connectivity index (χ4v) is 3.13. The van der Waals surface area contributed by atoms with E-state index in [0.717, 1.165) is 37.6 Å². The summed E-state index contributed by atoms with van der Waals surface area (Å²) in [5, 5.41) is 6.33. The van der Waals surface area contributed by atoms with Gasteiger partial charge in [0.1, 0.15) is 0 Å². The Hall–Kier alpha value is -2.60. The molecule has 0 atom stereocenters. The van der Waals surface area contributed by atoms with E-state index in [2.05, 4.69) is 44.6 Å². The highest BCUT2D eigenvalue weighted by atomic mass is 16.1. The maximum atomic E-state index is 12.5. The number of rotatable bonds is 5. The number of nitrogens with zero attached hydrogens (tertiary/aromatic N) is 3. The number of aromatic nitrogens is 1. The van der Waals surface area contributed by atoms with Crippen LogP contribution in [-0.2, 0) is 0 Å². The Morgan fingerprint density at radius 3 is 2.46 bits per heavy atom. The Morgan fingerprint density at radius 1 is 1.04 bits per heavy atom. The Morgan fingerprint density at radius 2 is 1.77 bits per heavy atom. The fraction of sp³-hybridized carbons (Fsp3) is 0.400. The van der Waals surface area contributed by atoms with Crippen LogP contribution in [0.4, 0.5) is 17.1 Å². The number of hydrogen-bond acceptors (Lipinski definition) is 5. The van der Waals surface area contributed by atoms with E-state index < -0.39 is 0 Å². The van der Waals surface area contributed by atoms with Gasteiger partial charge in [0, 0.05) is 56.0 Å². The third-order valence-electron chi connectivity index (χ3n) is 4.94. The van der Waals surface area contributed by atoms with Gasteiger partial charge in [0.15, 0.2) is 0 Å². The SMILES string of the molecule is CN1CCN(c2ccc(NC(=O)c3cncc(NC4CC4)c3)cc2)CC1. The van der Waals surface area contributed by atoms with Gasteiger partial charge < -0.3 is 20.4 Å². The van der Waals surface area contributed by atoms with Gasteiger partial charge in [-0.05, 0) is 50.2 Å². The van der Waals surface area contributed by atoms with Crippen molar-refractivity contribution in [3.05, 3.63) is 48.3 Å². The Labute approximate surface area is 154 Å². The first-order chi connectivity index (χ1) is 12.7. The molecule has 1 amide bonds. The van der Waals surface area contributed by atoms with E-state index in [1.807, 2.05) is 18.2 Å². The number of likely N-dealkylation sites (N-methyl/N-ethyl adjacent to an activating group) is 1. The van der Waals surface area contributed by atoms with Crippen LogP contribution in [0.2, 0.25) is 0 Å². The van der Waals surface area contributed by atoms with E-state index in [9.17, 15) is 4.79 Å². The van der Waals surface area contributed by atoms with Crippen molar-refractivity contribution in [3.63, 3.8) is 0 Å². The molecule has 2 aromatic rings. The summed E-state index contributed by atoms with van der Waals surface area (Å²) in [6.45, 7) is 4.23. The van der Waals surface area contributed by atoms with Crippen molar-refractivity contribution in [2.24, 2.45) is 0 Å². The lowest BCUT2D eigenvalue weighted by molar-refractivity contribution is 0.102. The molecule has 136 valence electrons. The molecule has 6 nitrogen and oxygen atoms in total. The molecule has 0 bridgehead atoms. The van der Waals surface area contributed by atoms with Crippen LogP contribution in [0, 0.1) is 0 Å². The zero-order chi connectivity index (χ0) is 17.9. The summed E-state index contributed by atoms with van der Waals surface area (Å²) in [5.41, 5.74) is 3.48. The van der Waals surface area contributed by atoms with Crippen LogP contribution < -0.4 is 15.5 Å². The topological polar surface area (TPSA) is 60.5 Å². The van der Waals surface area contributed by atoms with Crippen LogP contribution >= 0.6 is 0 Å². The van der Waals surface area contributed by atoms with Gasteiger partial charge in [0.05, 0.1) is 11.3 Å². The third-order valence-corrected chi connectivity index (χ3v) is 4.94. The van der Waals surface area contributed by atoms with Gasteiger partial charge in [0.2, 0.25) is 0 Å². The van der Waals surface area contributed by atoms with Gasteiger partial charge in [-0.25, -0.2) is 0 Å². The van der Waals surface area contributed by atoms with E-state index in [-0.39, 0.29) is 5.91 Å². The predicted octanol–water partition coefficient (Wildman–Crippen LogP) is 2.66. The highest BCUT2D eigenvalue weighted by molar-refractivity contribution is 6.04. The summed E-state index contributed by atoms with van der Waals surface area (Å²) in [6.07, 6.45) is 5.75. The molecule has 2 N–H and O–H groups in total. The molecular weight excluding hydrogens is 326 g/mol. The lowest BCUT2D eigenvalue weighted by Crippen LogP contribution is -2.44. The maximum absolute atomic E-state index is 12.5. The van der Waals surface area contributed by atoms with Crippen molar-refractivity contribution >= 4 is 23.0 Å². The van der Waals surface area contributed by atoms with E-state index in [1.54, 1.807) is 12.4 Å². The molecule has 0 spiro atoms. The van der Waals surface area contributed by atoms with Gasteiger partial charge in [-0.1, -0.05) is 0 Å². The minimum Gasteiger partial charge on any atom is -0.381 e. The van der Waals surface area contributed by atoms with Crippen molar-refractivity contribution < 1.29 is 4.79 Å². The van der Waals surface area contributed by atoms with Gasteiger partial charge in [-0.2, -0.15) is 0 Å². The summed E-state index contributed by atoms with van der Waals surface area (Å²) < 4.78 is 0. The standard InChI is InChI=1S/C20H25N5O/c1-24-8-10-25(11-9-24)19-6-4-17(5-7-19)23-20(26)15-12-18(14-21-13-15)22-16-2-3-16/h4-7,12-14,16,22H,2-3,8-11H2,1H3,(H,23,26). The summed E-state index contributed by atoms with van der Waals surface area (Å²) in [6, 6.07) is 10.5. The van der Waals surface area contributed by atoms with E-state index >= 15 is 0 Å². The monoisotopic (exact) mass is 351 g/mol. The van der Waals surface area contributed by atoms with Crippen molar-refractivity contribution in [1.82, 2.24) is 9.88 Å². The molecule has 1 aliphatic heterocycles. The largest absolute Gasteiger partial charge is 0.381 e. The molecule has 26 heavy (non-hydrogen) atoms. The Kier molecular flexibility index (Phi) is 4.75. The van der Waals surface area contributed by atoms with Crippen molar-refractivity contribution in [2.75, 3.05) is 48.8 Å². The highest BCUT2D eigenvalue weighted by Crippen LogP contribution is 2.25. The minimum atomic E-state index is -0.135. The van der Waals surface area contributed by atoms with Gasteiger partial charge in [-0.3, -0.25) is 9.78 Å². The molecule has 2 fully saturated rings.